The van der Waals surface area contributed by atoms with E-state index in [1.807, 2.05) is 6.20 Å². The monoisotopic (exact) mass is 195 g/mol. The fourth-order valence-electron chi connectivity index (χ4n) is 1.91. The molecule has 1 aliphatic rings. The number of hydrogen-bond donors (Lipinski definition) is 2. The van der Waals surface area contributed by atoms with Crippen molar-refractivity contribution in [3.8, 4) is 0 Å². The van der Waals surface area contributed by atoms with Gasteiger partial charge in [-0.25, -0.2) is 4.98 Å². The molecule has 0 bridgehead atoms. The van der Waals surface area contributed by atoms with Crippen LogP contribution in [-0.2, 0) is 4.74 Å². The molecule has 0 amide bonds. The molecular formula is C10H17N3O. The molecule has 1 fully saturated rings. The van der Waals surface area contributed by atoms with Crippen molar-refractivity contribution in [2.45, 2.75) is 25.8 Å². The van der Waals surface area contributed by atoms with Crippen LogP contribution in [0.5, 0.6) is 0 Å². The Morgan fingerprint density at radius 1 is 1.57 bits per heavy atom. The number of imidazole rings is 1. The number of H-pyrrole nitrogens is 1. The summed E-state index contributed by atoms with van der Waals surface area (Å²) in [6.45, 7) is 4.02. The van der Waals surface area contributed by atoms with E-state index < -0.39 is 0 Å². The molecular weight excluding hydrogens is 178 g/mol. The lowest BCUT2D eigenvalue weighted by Crippen LogP contribution is -2.31. The van der Waals surface area contributed by atoms with E-state index in [1.54, 1.807) is 6.33 Å². The highest BCUT2D eigenvalue weighted by molar-refractivity contribution is 5.31. The summed E-state index contributed by atoms with van der Waals surface area (Å²) in [5.74, 6) is 1.72. The summed E-state index contributed by atoms with van der Waals surface area (Å²) in [6.07, 6.45) is 5.82. The molecule has 2 N–H and O–H groups in total. The molecule has 0 saturated carbocycles. The molecule has 1 atom stereocenters. The number of aromatic nitrogens is 2. The zero-order chi connectivity index (χ0) is 9.80. The van der Waals surface area contributed by atoms with E-state index in [4.69, 9.17) is 4.74 Å². The van der Waals surface area contributed by atoms with Crippen molar-refractivity contribution in [1.82, 2.24) is 9.97 Å². The Balaban J connectivity index is 1.85. The predicted molar refractivity (Wildman–Crippen MR) is 55.2 cm³/mol. The number of aromatic amines is 1. The molecule has 1 unspecified atom stereocenters. The first-order chi connectivity index (χ1) is 6.86. The molecule has 14 heavy (non-hydrogen) atoms. The second-order valence-electron chi connectivity index (χ2n) is 3.85. The Kier molecular flexibility index (Phi) is 3.03. The van der Waals surface area contributed by atoms with Gasteiger partial charge in [-0.3, -0.25) is 0 Å². The molecule has 0 spiro atoms. The fourth-order valence-corrected chi connectivity index (χ4v) is 1.91. The van der Waals surface area contributed by atoms with Gasteiger partial charge in [0.25, 0.3) is 0 Å². The first-order valence-corrected chi connectivity index (χ1v) is 5.19. The van der Waals surface area contributed by atoms with E-state index in [9.17, 15) is 0 Å². The number of ether oxygens (including phenoxy) is 1. The average Bonchev–Trinajstić information content (AvgIpc) is 2.72. The standard InChI is InChI=1S/C10H17N3O/c1-8(9-2-4-14-5-3-9)13-10-6-11-7-12-10/h6-9,13H,2-5H2,1H3,(H,11,12). The van der Waals surface area contributed by atoms with E-state index >= 15 is 0 Å². The van der Waals surface area contributed by atoms with Crippen molar-refractivity contribution in [3.05, 3.63) is 12.5 Å². The SMILES string of the molecule is CC(Nc1cnc[nH]1)C1CCOCC1. The van der Waals surface area contributed by atoms with Crippen LogP contribution >= 0.6 is 0 Å². The van der Waals surface area contributed by atoms with Crippen LogP contribution in [0.1, 0.15) is 19.8 Å². The van der Waals surface area contributed by atoms with Crippen LogP contribution in [-0.4, -0.2) is 29.2 Å². The van der Waals surface area contributed by atoms with Crippen molar-refractivity contribution >= 4 is 5.82 Å². The number of rotatable bonds is 3. The predicted octanol–water partition coefficient (Wildman–Crippen LogP) is 1.64. The van der Waals surface area contributed by atoms with E-state index in [1.165, 1.54) is 0 Å². The summed E-state index contributed by atoms with van der Waals surface area (Å²) in [6, 6.07) is 0.486. The highest BCUT2D eigenvalue weighted by Crippen LogP contribution is 2.20. The third-order valence-corrected chi connectivity index (χ3v) is 2.85. The van der Waals surface area contributed by atoms with Crippen LogP contribution in [0.15, 0.2) is 12.5 Å². The van der Waals surface area contributed by atoms with Crippen molar-refractivity contribution < 1.29 is 4.74 Å². The first-order valence-electron chi connectivity index (χ1n) is 5.19. The second-order valence-corrected chi connectivity index (χ2v) is 3.85. The summed E-state index contributed by atoms with van der Waals surface area (Å²) in [5, 5.41) is 3.42. The maximum Gasteiger partial charge on any atom is 0.123 e. The quantitative estimate of drug-likeness (QED) is 0.770. The molecule has 0 radical (unpaired) electrons. The molecule has 1 aliphatic heterocycles. The van der Waals surface area contributed by atoms with Crippen molar-refractivity contribution in [2.75, 3.05) is 18.5 Å². The molecule has 1 aromatic heterocycles. The molecule has 2 heterocycles. The topological polar surface area (TPSA) is 49.9 Å². The molecule has 4 nitrogen and oxygen atoms in total. The third-order valence-electron chi connectivity index (χ3n) is 2.85. The van der Waals surface area contributed by atoms with E-state index in [0.717, 1.165) is 31.9 Å². The van der Waals surface area contributed by atoms with E-state index in [0.29, 0.717) is 12.0 Å². The lowest BCUT2D eigenvalue weighted by atomic mass is 9.93. The molecule has 1 aromatic rings. The van der Waals surface area contributed by atoms with Gasteiger partial charge in [-0.2, -0.15) is 0 Å². The van der Waals surface area contributed by atoms with Gasteiger partial charge in [-0.05, 0) is 25.7 Å². The minimum Gasteiger partial charge on any atom is -0.381 e. The number of hydrogen-bond acceptors (Lipinski definition) is 3. The van der Waals surface area contributed by atoms with Crippen LogP contribution in [0, 0.1) is 5.92 Å². The zero-order valence-corrected chi connectivity index (χ0v) is 8.49. The Bertz CT molecular complexity index is 254. The molecule has 78 valence electrons. The Labute approximate surface area is 84.1 Å². The van der Waals surface area contributed by atoms with Gasteiger partial charge in [0.05, 0.1) is 12.5 Å². The number of anilines is 1. The Morgan fingerprint density at radius 2 is 2.36 bits per heavy atom. The van der Waals surface area contributed by atoms with Gasteiger partial charge in [0.1, 0.15) is 5.82 Å². The maximum atomic E-state index is 5.34. The minimum atomic E-state index is 0.486. The van der Waals surface area contributed by atoms with Gasteiger partial charge in [-0.1, -0.05) is 0 Å². The molecule has 1 saturated heterocycles. The summed E-state index contributed by atoms with van der Waals surface area (Å²) in [5.41, 5.74) is 0. The van der Waals surface area contributed by atoms with E-state index in [2.05, 4.69) is 22.2 Å². The zero-order valence-electron chi connectivity index (χ0n) is 8.49. The van der Waals surface area contributed by atoms with Gasteiger partial charge in [0.2, 0.25) is 0 Å². The van der Waals surface area contributed by atoms with Crippen LogP contribution in [0.25, 0.3) is 0 Å². The summed E-state index contributed by atoms with van der Waals surface area (Å²) >= 11 is 0. The molecule has 4 heteroatoms. The van der Waals surface area contributed by atoms with E-state index in [-0.39, 0.29) is 0 Å². The van der Waals surface area contributed by atoms with Crippen molar-refractivity contribution in [3.63, 3.8) is 0 Å². The van der Waals surface area contributed by atoms with Gasteiger partial charge in [-0.15, -0.1) is 0 Å². The van der Waals surface area contributed by atoms with Gasteiger partial charge < -0.3 is 15.0 Å². The lowest BCUT2D eigenvalue weighted by Gasteiger charge is -2.28. The lowest BCUT2D eigenvalue weighted by molar-refractivity contribution is 0.0622. The highest BCUT2D eigenvalue weighted by atomic mass is 16.5. The summed E-state index contributed by atoms with van der Waals surface area (Å²) < 4.78 is 5.34. The normalized spacial score (nSPS) is 20.6. The fraction of sp³-hybridized carbons (Fsp3) is 0.700. The first kappa shape index (κ1) is 9.52. The third kappa shape index (κ3) is 2.26. The van der Waals surface area contributed by atoms with Crippen LogP contribution in [0.2, 0.25) is 0 Å². The van der Waals surface area contributed by atoms with Crippen LogP contribution < -0.4 is 5.32 Å². The second kappa shape index (κ2) is 4.46. The van der Waals surface area contributed by atoms with Gasteiger partial charge in [0, 0.05) is 19.3 Å². The van der Waals surface area contributed by atoms with Gasteiger partial charge in [0.15, 0.2) is 0 Å². The van der Waals surface area contributed by atoms with Crippen LogP contribution in [0.3, 0.4) is 0 Å². The summed E-state index contributed by atoms with van der Waals surface area (Å²) in [4.78, 5) is 7.03. The highest BCUT2D eigenvalue weighted by Gasteiger charge is 2.20. The van der Waals surface area contributed by atoms with Gasteiger partial charge >= 0.3 is 0 Å². The molecule has 2 rings (SSSR count). The summed E-state index contributed by atoms with van der Waals surface area (Å²) in [7, 11) is 0. The van der Waals surface area contributed by atoms with Crippen molar-refractivity contribution in [1.29, 1.82) is 0 Å². The largest absolute Gasteiger partial charge is 0.381 e. The maximum absolute atomic E-state index is 5.34. The Morgan fingerprint density at radius 3 is 3.00 bits per heavy atom. The minimum absolute atomic E-state index is 0.486. The number of nitrogens with zero attached hydrogens (tertiary/aromatic N) is 1. The molecule has 0 aromatic carbocycles. The average molecular weight is 195 g/mol. The number of nitrogens with one attached hydrogen (secondary N) is 2. The van der Waals surface area contributed by atoms with Crippen molar-refractivity contribution in [2.24, 2.45) is 5.92 Å². The van der Waals surface area contributed by atoms with Crippen LogP contribution in [0.4, 0.5) is 5.82 Å². The molecule has 0 aliphatic carbocycles. The Hall–Kier alpha value is -1.03. The smallest absolute Gasteiger partial charge is 0.123 e.